The van der Waals surface area contributed by atoms with Crippen LogP contribution in [0.3, 0.4) is 0 Å². The number of alkyl halides is 1. The molecular formula is C10H17ClO4. The topological polar surface area (TPSA) is 63.6 Å². The fourth-order valence-electron chi connectivity index (χ4n) is 0.961. The van der Waals surface area contributed by atoms with E-state index in [1.807, 2.05) is 0 Å². The summed E-state index contributed by atoms with van der Waals surface area (Å²) in [6.45, 7) is 6.44. The zero-order valence-corrected chi connectivity index (χ0v) is 10.2. The standard InChI is InChI=1S/C10H17ClO4/c1-9(2,3)15-8(13)5-7(12)6-10(4,11)14/h14H,5-6H2,1-4H3. The Morgan fingerprint density at radius 3 is 2.07 bits per heavy atom. The Bertz CT molecular complexity index is 221. The molecule has 0 aliphatic heterocycles. The summed E-state index contributed by atoms with van der Waals surface area (Å²) < 4.78 is 4.94. The van der Waals surface area contributed by atoms with Crippen LogP contribution in [0.15, 0.2) is 0 Å². The number of carbonyl (C=O) groups is 2. The number of hydrogen-bond acceptors (Lipinski definition) is 4. The molecule has 0 aromatic rings. The molecule has 15 heavy (non-hydrogen) atoms. The lowest BCUT2D eigenvalue weighted by Crippen LogP contribution is -2.27. The monoisotopic (exact) mass is 236 g/mol. The number of ether oxygens (including phenoxy) is 1. The zero-order chi connectivity index (χ0) is 12.3. The predicted molar refractivity (Wildman–Crippen MR) is 56.6 cm³/mol. The second-order valence-electron chi connectivity index (χ2n) is 4.62. The second kappa shape index (κ2) is 4.94. The molecule has 0 aliphatic carbocycles. The molecule has 0 aromatic carbocycles. The lowest BCUT2D eigenvalue weighted by Gasteiger charge is -2.19. The van der Waals surface area contributed by atoms with Crippen LogP contribution in [0, 0.1) is 0 Å². The molecule has 0 radical (unpaired) electrons. The van der Waals surface area contributed by atoms with Gasteiger partial charge >= 0.3 is 5.97 Å². The first-order valence-electron chi connectivity index (χ1n) is 4.64. The van der Waals surface area contributed by atoms with Gasteiger partial charge in [-0.1, -0.05) is 11.6 Å². The Labute approximate surface area is 94.6 Å². The van der Waals surface area contributed by atoms with Crippen LogP contribution in [0.25, 0.3) is 0 Å². The highest BCUT2D eigenvalue weighted by atomic mass is 35.5. The summed E-state index contributed by atoms with van der Waals surface area (Å²) in [6, 6.07) is 0. The number of rotatable bonds is 4. The predicted octanol–water partition coefficient (Wildman–Crippen LogP) is 1.62. The van der Waals surface area contributed by atoms with Crippen molar-refractivity contribution in [1.29, 1.82) is 0 Å². The number of halogens is 1. The molecule has 0 amide bonds. The number of ketones is 1. The summed E-state index contributed by atoms with van der Waals surface area (Å²) in [4.78, 5) is 22.4. The Hall–Kier alpha value is -0.610. The lowest BCUT2D eigenvalue weighted by molar-refractivity contribution is -0.156. The first-order chi connectivity index (χ1) is 6.49. The number of esters is 1. The third-order valence-electron chi connectivity index (χ3n) is 1.28. The number of hydrogen-bond donors (Lipinski definition) is 1. The average Bonchev–Trinajstić information content (AvgIpc) is 1.73. The minimum Gasteiger partial charge on any atom is -0.460 e. The lowest BCUT2D eigenvalue weighted by atomic mass is 10.1. The average molecular weight is 237 g/mol. The van der Waals surface area contributed by atoms with Crippen molar-refractivity contribution in [2.24, 2.45) is 0 Å². The first-order valence-corrected chi connectivity index (χ1v) is 5.02. The Morgan fingerprint density at radius 1 is 1.27 bits per heavy atom. The maximum absolute atomic E-state index is 11.2. The van der Waals surface area contributed by atoms with E-state index in [9.17, 15) is 9.59 Å². The largest absolute Gasteiger partial charge is 0.460 e. The first kappa shape index (κ1) is 14.4. The van der Waals surface area contributed by atoms with E-state index in [1.54, 1.807) is 20.8 Å². The van der Waals surface area contributed by atoms with Crippen molar-refractivity contribution in [3.63, 3.8) is 0 Å². The van der Waals surface area contributed by atoms with Crippen molar-refractivity contribution in [1.82, 2.24) is 0 Å². The Balaban J connectivity index is 4.04. The molecule has 1 N–H and O–H groups in total. The molecule has 0 saturated carbocycles. The molecule has 0 bridgehead atoms. The van der Waals surface area contributed by atoms with Gasteiger partial charge in [-0.05, 0) is 27.7 Å². The van der Waals surface area contributed by atoms with Gasteiger partial charge in [0, 0.05) is 6.42 Å². The highest BCUT2D eigenvalue weighted by Crippen LogP contribution is 2.16. The normalized spacial score (nSPS) is 15.6. The third kappa shape index (κ3) is 9.69. The zero-order valence-electron chi connectivity index (χ0n) is 9.46. The number of aliphatic hydroxyl groups is 1. The van der Waals surface area contributed by atoms with Gasteiger partial charge in [-0.25, -0.2) is 0 Å². The molecule has 0 saturated heterocycles. The maximum atomic E-state index is 11.2. The van der Waals surface area contributed by atoms with Crippen LogP contribution in [0.1, 0.15) is 40.5 Å². The van der Waals surface area contributed by atoms with Gasteiger partial charge in [-0.2, -0.15) is 0 Å². The molecule has 0 fully saturated rings. The van der Waals surface area contributed by atoms with Crippen molar-refractivity contribution in [3.8, 4) is 0 Å². The van der Waals surface area contributed by atoms with E-state index in [1.165, 1.54) is 6.92 Å². The summed E-state index contributed by atoms with van der Waals surface area (Å²) in [5.74, 6) is -1.04. The van der Waals surface area contributed by atoms with Crippen LogP contribution < -0.4 is 0 Å². The Morgan fingerprint density at radius 2 is 1.73 bits per heavy atom. The molecule has 1 atom stereocenters. The summed E-state index contributed by atoms with van der Waals surface area (Å²) >= 11 is 5.43. The molecule has 0 rings (SSSR count). The fourth-order valence-corrected chi connectivity index (χ4v) is 1.11. The number of Topliss-reactive ketones (excluding diaryl/α,β-unsaturated/α-hetero) is 1. The smallest absolute Gasteiger partial charge is 0.313 e. The molecule has 0 aromatic heterocycles. The summed E-state index contributed by atoms with van der Waals surface area (Å²) in [5, 5.41) is 7.53. The van der Waals surface area contributed by atoms with Crippen LogP contribution in [0.4, 0.5) is 0 Å². The van der Waals surface area contributed by atoms with Gasteiger partial charge in [0.2, 0.25) is 0 Å². The van der Waals surface area contributed by atoms with Crippen molar-refractivity contribution < 1.29 is 19.4 Å². The van der Waals surface area contributed by atoms with Gasteiger partial charge in [0.05, 0.1) is 0 Å². The summed E-state index contributed by atoms with van der Waals surface area (Å²) in [5.41, 5.74) is -0.610. The quantitative estimate of drug-likeness (QED) is 0.458. The third-order valence-corrected chi connectivity index (χ3v) is 1.41. The van der Waals surface area contributed by atoms with Gasteiger partial charge in [-0.15, -0.1) is 0 Å². The van der Waals surface area contributed by atoms with Gasteiger partial charge in [-0.3, -0.25) is 9.59 Å². The molecule has 0 spiro atoms. The highest BCUT2D eigenvalue weighted by molar-refractivity contribution is 6.23. The van der Waals surface area contributed by atoms with E-state index < -0.39 is 22.4 Å². The molecule has 1 unspecified atom stereocenters. The molecule has 4 nitrogen and oxygen atoms in total. The molecule has 0 heterocycles. The minimum atomic E-state index is -1.60. The maximum Gasteiger partial charge on any atom is 0.313 e. The van der Waals surface area contributed by atoms with Gasteiger partial charge < -0.3 is 9.84 Å². The molecule has 5 heteroatoms. The minimum absolute atomic E-state index is 0.270. The second-order valence-corrected chi connectivity index (χ2v) is 5.44. The van der Waals surface area contributed by atoms with E-state index in [-0.39, 0.29) is 12.8 Å². The van der Waals surface area contributed by atoms with E-state index >= 15 is 0 Å². The van der Waals surface area contributed by atoms with Crippen LogP contribution in [0.2, 0.25) is 0 Å². The van der Waals surface area contributed by atoms with Crippen molar-refractivity contribution in [2.75, 3.05) is 0 Å². The Kier molecular flexibility index (Phi) is 4.74. The summed E-state index contributed by atoms with van der Waals surface area (Å²) in [6.07, 6.45) is -0.631. The van der Waals surface area contributed by atoms with Crippen LogP contribution in [0.5, 0.6) is 0 Å². The summed E-state index contributed by atoms with van der Waals surface area (Å²) in [7, 11) is 0. The van der Waals surface area contributed by atoms with Gasteiger partial charge in [0.15, 0.2) is 0 Å². The SMILES string of the molecule is CC(O)(Cl)CC(=O)CC(=O)OC(C)(C)C. The van der Waals surface area contributed by atoms with Gasteiger partial charge in [0.25, 0.3) is 0 Å². The van der Waals surface area contributed by atoms with Gasteiger partial charge in [0.1, 0.15) is 22.9 Å². The van der Waals surface area contributed by atoms with Crippen molar-refractivity contribution >= 4 is 23.4 Å². The van der Waals surface area contributed by atoms with Crippen molar-refractivity contribution in [2.45, 2.75) is 51.2 Å². The van der Waals surface area contributed by atoms with Crippen LogP contribution in [-0.2, 0) is 14.3 Å². The van der Waals surface area contributed by atoms with E-state index in [2.05, 4.69) is 0 Å². The van der Waals surface area contributed by atoms with E-state index in [4.69, 9.17) is 21.4 Å². The van der Waals surface area contributed by atoms with Crippen LogP contribution >= 0.6 is 11.6 Å². The molecule has 88 valence electrons. The van der Waals surface area contributed by atoms with Crippen molar-refractivity contribution in [3.05, 3.63) is 0 Å². The highest BCUT2D eigenvalue weighted by Gasteiger charge is 2.24. The fraction of sp³-hybridized carbons (Fsp3) is 0.800. The molecule has 0 aliphatic rings. The number of carbonyl (C=O) groups excluding carboxylic acids is 2. The van der Waals surface area contributed by atoms with E-state index in [0.29, 0.717) is 0 Å². The van der Waals surface area contributed by atoms with E-state index in [0.717, 1.165) is 0 Å². The molecular weight excluding hydrogens is 220 g/mol. The van der Waals surface area contributed by atoms with Crippen LogP contribution in [-0.4, -0.2) is 27.5 Å².